The van der Waals surface area contributed by atoms with E-state index in [9.17, 15) is 81.8 Å². The average molecular weight is 1270 g/mol. The number of esters is 1. The van der Waals surface area contributed by atoms with Crippen molar-refractivity contribution in [2.45, 2.75) is 253 Å². The number of ether oxygens (including phenoxy) is 10. The van der Waals surface area contributed by atoms with Gasteiger partial charge in [0.1, 0.15) is 102 Å². The van der Waals surface area contributed by atoms with Crippen molar-refractivity contribution >= 4 is 26.8 Å². The molecule has 1 unspecified atom stereocenters. The number of fused-ring (bicyclic) bond motifs is 4. The van der Waals surface area contributed by atoms with Crippen LogP contribution in [0.25, 0.3) is 0 Å². The van der Waals surface area contributed by atoms with E-state index in [-0.39, 0.29) is 24.7 Å². The summed E-state index contributed by atoms with van der Waals surface area (Å²) in [7, 11) is -9.29. The predicted octanol–water partition coefficient (Wildman–Crippen LogP) is -1.57. The summed E-state index contributed by atoms with van der Waals surface area (Å²) in [4.78, 5) is 14.5. The number of cyclic esters (lactones) is 1. The fourth-order valence-electron chi connectivity index (χ4n) is 16.5. The highest BCUT2D eigenvalue weighted by Gasteiger charge is 2.86. The van der Waals surface area contributed by atoms with Crippen LogP contribution in [0.3, 0.4) is 0 Å². The minimum atomic E-state index is -5.23. The molecule has 9 aliphatic rings. The monoisotopic (exact) mass is 1260 g/mol. The smallest absolute Gasteiger partial charge is 0.397 e. The van der Waals surface area contributed by atoms with Crippen LogP contribution in [0.5, 0.6) is 0 Å². The number of allylic oxidation sites excluding steroid dienone is 2. The van der Waals surface area contributed by atoms with Gasteiger partial charge in [0.05, 0.1) is 38.1 Å². The Bertz CT molecular complexity index is 2650. The van der Waals surface area contributed by atoms with Gasteiger partial charge in [-0.2, -0.15) is 16.8 Å². The fourth-order valence-corrected chi connectivity index (χ4v) is 17.3. The van der Waals surface area contributed by atoms with Gasteiger partial charge >= 0.3 is 26.8 Å². The van der Waals surface area contributed by atoms with E-state index in [0.717, 1.165) is 25.5 Å². The Morgan fingerprint density at radius 3 is 1.95 bits per heavy atom. The summed E-state index contributed by atoms with van der Waals surface area (Å²) in [5, 5.41) is 115. The normalized spacial score (nSPS) is 50.0. The van der Waals surface area contributed by atoms with Gasteiger partial charge in [0, 0.05) is 12.5 Å². The van der Waals surface area contributed by atoms with E-state index < -0.39 is 208 Å². The molecule has 29 nitrogen and oxygen atoms in total. The summed E-state index contributed by atoms with van der Waals surface area (Å²) in [6.45, 7) is 12.9. The third-order valence-electron chi connectivity index (χ3n) is 21.0. The molecule has 0 radical (unpaired) electrons. The quantitative estimate of drug-likeness (QED) is 0.0395. The van der Waals surface area contributed by atoms with Gasteiger partial charge in [-0.15, -0.1) is 0 Å². The van der Waals surface area contributed by atoms with Crippen molar-refractivity contribution in [2.75, 3.05) is 26.9 Å². The lowest BCUT2D eigenvalue weighted by atomic mass is 9.39. The van der Waals surface area contributed by atoms with Crippen LogP contribution in [-0.4, -0.2) is 250 Å². The summed E-state index contributed by atoms with van der Waals surface area (Å²) in [5.41, 5.74) is -5.59. The van der Waals surface area contributed by atoms with Crippen molar-refractivity contribution in [1.29, 1.82) is 0 Å². The Kier molecular flexibility index (Phi) is 19.4. The van der Waals surface area contributed by atoms with E-state index in [1.54, 1.807) is 6.92 Å². The minimum absolute atomic E-state index is 0.153. The Labute approximate surface area is 493 Å². The van der Waals surface area contributed by atoms with Crippen molar-refractivity contribution < 1.29 is 138 Å². The molecule has 3 saturated carbocycles. The molecule has 85 heavy (non-hydrogen) atoms. The molecule has 31 heteroatoms. The number of rotatable bonds is 19. The number of methoxy groups -OCH3 is 1. The number of carbonyl (C=O) groups excluding carboxylic acids is 1. The van der Waals surface area contributed by atoms with Gasteiger partial charge in [-0.25, -0.2) is 8.37 Å². The average Bonchev–Trinajstić information content (AvgIpc) is 1.58. The summed E-state index contributed by atoms with van der Waals surface area (Å²) >= 11 is 0. The molecule has 0 amide bonds. The summed E-state index contributed by atoms with van der Waals surface area (Å²) in [6.07, 6.45) is -30.1. The minimum Gasteiger partial charge on any atom is -0.456 e. The maximum atomic E-state index is 14.5. The van der Waals surface area contributed by atoms with Crippen LogP contribution in [0, 0.1) is 39.4 Å². The van der Waals surface area contributed by atoms with Crippen LogP contribution in [0.15, 0.2) is 11.6 Å². The third kappa shape index (κ3) is 11.6. The molecule has 8 fully saturated rings. The first-order chi connectivity index (χ1) is 39.4. The first kappa shape index (κ1) is 67.6. The lowest BCUT2D eigenvalue weighted by Crippen LogP contribution is -2.68. The second-order valence-corrected chi connectivity index (χ2v) is 28.7. The van der Waals surface area contributed by atoms with Gasteiger partial charge < -0.3 is 98.4 Å². The lowest BCUT2D eigenvalue weighted by molar-refractivity contribution is -0.389. The van der Waals surface area contributed by atoms with Crippen LogP contribution in [-0.2, 0) is 81.3 Å². The third-order valence-corrected chi connectivity index (χ3v) is 21.9. The molecule has 9 rings (SSSR count). The molecule has 1 spiro atoms. The molecule has 4 aliphatic carbocycles. The SMILES string of the molecule is CO[C@@H]1[C@@H](O)[C@H](O[C@@H]2[C@@H](O)[C@H](O[C@H]3[C@H](O)[C@@H](O)[C@H](O[C@H]4[C@H](O[C@H]5CC[C@]6(C)C7C[C@H](O)[C@]89C(=O)O[C@@](C)(CCCC(C)C)[C@@]8(O)CC[C@@]9(C)C7=CC[C@H]6C5(C)C)OC[C@@H](OS(=O)(=O)O)[C@@H]4O)O[C@@H]3C)O[C@H](COS(=O)(=O)O)[C@H]2O)O[C@H](CO)[C@H]1O. The second-order valence-electron chi connectivity index (χ2n) is 26.5. The molecule has 5 aliphatic heterocycles. The zero-order chi connectivity index (χ0) is 62.7. The maximum absolute atomic E-state index is 14.5. The van der Waals surface area contributed by atoms with Gasteiger partial charge in [0.25, 0.3) is 0 Å². The first-order valence-electron chi connectivity index (χ1n) is 29.2. The number of hydrogen-bond donors (Lipinski definition) is 12. The molecule has 12 N–H and O–H groups in total. The molecule has 490 valence electrons. The van der Waals surface area contributed by atoms with Crippen molar-refractivity contribution in [3.8, 4) is 0 Å². The standard InChI is InChI=1S/C54H88O29S2/c1-23(2)11-10-15-52(8)53(65)18-17-51(7)25-12-13-30-49(4,5)32(14-16-50(30,6)26(25)19-31(56)54(51,53)48(64)82-52)78-47-43(35(59)29(21-73-47)83-85(69,70)71)81-44-37(61)36(60)40(24(3)75-44)79-46-39(63)42(34(58)28(77-46)22-74-84(66,67)68)80-45-38(62)41(72-9)33(57)27(20-55)76-45/h12,23-24,26-47,55-63,65H,10-11,13-22H2,1-9H3,(H,66,67,68)(H,69,70,71)/t24-,26?,27-,28-,29-,30+,31+,32+,33-,34-,35+,36-,37-,38-,39-,40-,41+,42+,43-,44+,45+,46+,47+,50-,51+,52+,53+,54-/m1/s1. The molecule has 5 saturated heterocycles. The van der Waals surface area contributed by atoms with Gasteiger partial charge in [0.2, 0.25) is 0 Å². The van der Waals surface area contributed by atoms with E-state index in [1.165, 1.54) is 6.92 Å². The summed E-state index contributed by atoms with van der Waals surface area (Å²) in [6, 6.07) is 0. The molecular weight excluding hydrogens is 1180 g/mol. The molecule has 5 heterocycles. The van der Waals surface area contributed by atoms with Crippen molar-refractivity contribution in [1.82, 2.24) is 0 Å². The highest BCUT2D eigenvalue weighted by molar-refractivity contribution is 7.81. The second kappa shape index (κ2) is 24.3. The van der Waals surface area contributed by atoms with Gasteiger partial charge in [-0.3, -0.25) is 13.9 Å². The van der Waals surface area contributed by atoms with Gasteiger partial charge in [0.15, 0.2) is 25.2 Å². The number of carbonyl (C=O) groups is 1. The molecular formula is C54H88O29S2. The zero-order valence-corrected chi connectivity index (χ0v) is 50.7. The van der Waals surface area contributed by atoms with E-state index >= 15 is 0 Å². The van der Waals surface area contributed by atoms with E-state index in [4.69, 9.17) is 51.6 Å². The molecule has 0 aromatic carbocycles. The van der Waals surface area contributed by atoms with Gasteiger partial charge in [-0.1, -0.05) is 59.6 Å². The summed E-state index contributed by atoms with van der Waals surface area (Å²) < 4.78 is 135. The molecule has 0 aromatic rings. The molecule has 0 aromatic heterocycles. The van der Waals surface area contributed by atoms with Crippen molar-refractivity contribution in [3.63, 3.8) is 0 Å². The Morgan fingerprint density at radius 1 is 0.718 bits per heavy atom. The first-order valence-corrected chi connectivity index (χ1v) is 31.9. The topological polar surface area (TPSA) is 439 Å². The molecule has 28 atom stereocenters. The van der Waals surface area contributed by atoms with Crippen LogP contribution < -0.4 is 0 Å². The Morgan fingerprint density at radius 2 is 1.33 bits per heavy atom. The predicted molar refractivity (Wildman–Crippen MR) is 284 cm³/mol. The highest BCUT2D eigenvalue weighted by atomic mass is 32.3. The van der Waals surface area contributed by atoms with E-state index in [1.807, 2.05) is 20.8 Å². The van der Waals surface area contributed by atoms with Crippen LogP contribution in [0.1, 0.15) is 113 Å². The molecule has 0 bridgehead atoms. The van der Waals surface area contributed by atoms with Crippen molar-refractivity contribution in [2.24, 2.45) is 39.4 Å². The maximum Gasteiger partial charge on any atom is 0.397 e. The fraction of sp³-hybridized carbons (Fsp3) is 0.944. The van der Waals surface area contributed by atoms with E-state index in [2.05, 4.69) is 31.0 Å². The number of aliphatic hydroxyl groups excluding tert-OH is 9. The lowest BCUT2D eigenvalue weighted by Gasteiger charge is -2.65. The van der Waals surface area contributed by atoms with Crippen LogP contribution >= 0.6 is 0 Å². The van der Waals surface area contributed by atoms with E-state index in [0.29, 0.717) is 38.0 Å². The Balaban J connectivity index is 0.924. The van der Waals surface area contributed by atoms with Crippen LogP contribution in [0.4, 0.5) is 0 Å². The zero-order valence-electron chi connectivity index (χ0n) is 49.0. The largest absolute Gasteiger partial charge is 0.456 e. The number of aliphatic hydroxyl groups is 10. The highest BCUT2D eigenvalue weighted by Crippen LogP contribution is 2.77. The van der Waals surface area contributed by atoms with Crippen LogP contribution in [0.2, 0.25) is 0 Å². The number of hydrogen-bond acceptors (Lipinski definition) is 27. The van der Waals surface area contributed by atoms with Crippen molar-refractivity contribution in [3.05, 3.63) is 11.6 Å². The summed E-state index contributed by atoms with van der Waals surface area (Å²) in [5.74, 6) is -0.552. The Hall–Kier alpha value is -1.81. The van der Waals surface area contributed by atoms with Gasteiger partial charge in [-0.05, 0) is 93.8 Å².